The van der Waals surface area contributed by atoms with Gasteiger partial charge in [0.05, 0.1) is 11.3 Å². The zero-order chi connectivity index (χ0) is 17.7. The van der Waals surface area contributed by atoms with Crippen molar-refractivity contribution in [2.75, 3.05) is 11.1 Å². The Morgan fingerprint density at radius 2 is 1.92 bits per heavy atom. The third-order valence-electron chi connectivity index (χ3n) is 3.42. The van der Waals surface area contributed by atoms with Gasteiger partial charge in [0, 0.05) is 11.4 Å². The topological polar surface area (TPSA) is 91.9 Å². The number of Topliss-reactive ketones (excluding diaryl/α,β-unsaturated/α-hetero) is 1. The molecule has 24 heavy (non-hydrogen) atoms. The van der Waals surface area contributed by atoms with Crippen molar-refractivity contribution in [1.82, 2.24) is 9.97 Å². The van der Waals surface area contributed by atoms with E-state index in [2.05, 4.69) is 22.2 Å². The number of carbonyl (C=O) groups is 2. The number of hydrogen-bond donors (Lipinski definition) is 2. The first-order valence-corrected chi connectivity index (χ1v) is 8.52. The Labute approximate surface area is 144 Å². The standard InChI is InChI=1S/C17H19N3O3S/c1-4-12-5-7-13(8-6-12)19-14(22)9-24-16-15(11(3)21)10(2)18-17(23)20-16/h5-8H,4,9H2,1-3H3,(H,19,22)(H,18,20,23). The van der Waals surface area contributed by atoms with Crippen LogP contribution in [0.25, 0.3) is 0 Å². The summed E-state index contributed by atoms with van der Waals surface area (Å²) in [6, 6.07) is 7.60. The monoisotopic (exact) mass is 345 g/mol. The molecule has 7 heteroatoms. The number of H-pyrrole nitrogens is 1. The number of carbonyl (C=O) groups excluding carboxylic acids is 2. The molecule has 0 bridgehead atoms. The molecule has 2 N–H and O–H groups in total. The van der Waals surface area contributed by atoms with Gasteiger partial charge in [0.2, 0.25) is 5.91 Å². The van der Waals surface area contributed by atoms with Crippen molar-refractivity contribution >= 4 is 29.1 Å². The molecule has 0 fully saturated rings. The first-order chi connectivity index (χ1) is 11.4. The number of hydrogen-bond acceptors (Lipinski definition) is 5. The average molecular weight is 345 g/mol. The van der Waals surface area contributed by atoms with Gasteiger partial charge in [-0.2, -0.15) is 4.98 Å². The summed E-state index contributed by atoms with van der Waals surface area (Å²) < 4.78 is 0. The first-order valence-electron chi connectivity index (χ1n) is 7.54. The van der Waals surface area contributed by atoms with Crippen LogP contribution in [0, 0.1) is 6.92 Å². The number of nitrogens with one attached hydrogen (secondary N) is 2. The Morgan fingerprint density at radius 3 is 2.50 bits per heavy atom. The molecule has 0 saturated heterocycles. The van der Waals surface area contributed by atoms with E-state index in [9.17, 15) is 14.4 Å². The number of aryl methyl sites for hydroxylation is 2. The summed E-state index contributed by atoms with van der Waals surface area (Å²) in [4.78, 5) is 41.6. The molecular weight excluding hydrogens is 326 g/mol. The van der Waals surface area contributed by atoms with Crippen LogP contribution < -0.4 is 11.0 Å². The molecule has 0 radical (unpaired) electrons. The summed E-state index contributed by atoms with van der Waals surface area (Å²) in [5.41, 5.74) is 2.17. The number of anilines is 1. The number of rotatable bonds is 6. The Morgan fingerprint density at radius 1 is 1.25 bits per heavy atom. The predicted octanol–water partition coefficient (Wildman–Crippen LogP) is 2.57. The molecule has 0 saturated carbocycles. The minimum absolute atomic E-state index is 0.0612. The highest BCUT2D eigenvalue weighted by molar-refractivity contribution is 8.00. The molecule has 0 spiro atoms. The van der Waals surface area contributed by atoms with Gasteiger partial charge < -0.3 is 10.3 Å². The number of benzene rings is 1. The molecule has 1 heterocycles. The van der Waals surface area contributed by atoms with Gasteiger partial charge in [-0.1, -0.05) is 30.8 Å². The van der Waals surface area contributed by atoms with Gasteiger partial charge in [0.15, 0.2) is 5.78 Å². The van der Waals surface area contributed by atoms with Crippen molar-refractivity contribution in [3.8, 4) is 0 Å². The predicted molar refractivity (Wildman–Crippen MR) is 94.8 cm³/mol. The fraction of sp³-hybridized carbons (Fsp3) is 0.294. The van der Waals surface area contributed by atoms with E-state index in [0.717, 1.165) is 18.2 Å². The Balaban J connectivity index is 2.06. The molecule has 0 aliphatic heterocycles. The Hall–Kier alpha value is -2.41. The third-order valence-corrected chi connectivity index (χ3v) is 4.40. The summed E-state index contributed by atoms with van der Waals surface area (Å²) in [5, 5.41) is 3.06. The van der Waals surface area contributed by atoms with Crippen LogP contribution in [-0.4, -0.2) is 27.4 Å². The van der Waals surface area contributed by atoms with Gasteiger partial charge in [-0.3, -0.25) is 9.59 Å². The lowest BCUT2D eigenvalue weighted by molar-refractivity contribution is -0.113. The number of thioether (sulfide) groups is 1. The molecule has 126 valence electrons. The molecule has 2 aromatic rings. The van der Waals surface area contributed by atoms with E-state index in [4.69, 9.17) is 0 Å². The Bertz CT molecular complexity index is 813. The summed E-state index contributed by atoms with van der Waals surface area (Å²) in [6.07, 6.45) is 0.936. The molecule has 2 rings (SSSR count). The van der Waals surface area contributed by atoms with Crippen LogP contribution in [0.4, 0.5) is 5.69 Å². The second kappa shape index (κ2) is 7.92. The minimum Gasteiger partial charge on any atom is -0.325 e. The summed E-state index contributed by atoms with van der Waals surface area (Å²) in [5.74, 6) is -0.362. The maximum atomic E-state index is 12.1. The molecule has 1 amide bonds. The second-order valence-electron chi connectivity index (χ2n) is 5.29. The highest BCUT2D eigenvalue weighted by Crippen LogP contribution is 2.21. The van der Waals surface area contributed by atoms with Crippen molar-refractivity contribution in [1.29, 1.82) is 0 Å². The van der Waals surface area contributed by atoms with Gasteiger partial charge in [-0.05, 0) is 38.0 Å². The van der Waals surface area contributed by atoms with Crippen LogP contribution in [0.15, 0.2) is 34.1 Å². The van der Waals surface area contributed by atoms with E-state index in [1.165, 1.54) is 12.5 Å². The third kappa shape index (κ3) is 4.55. The highest BCUT2D eigenvalue weighted by atomic mass is 32.2. The smallest absolute Gasteiger partial charge is 0.325 e. The molecular formula is C17H19N3O3S. The summed E-state index contributed by atoms with van der Waals surface area (Å²) in [6.45, 7) is 5.11. The fourth-order valence-corrected chi connectivity index (χ4v) is 3.16. The number of amides is 1. The van der Waals surface area contributed by atoms with Crippen molar-refractivity contribution < 1.29 is 9.59 Å². The van der Waals surface area contributed by atoms with Crippen molar-refractivity contribution in [3.05, 3.63) is 51.6 Å². The molecule has 6 nitrogen and oxygen atoms in total. The molecule has 0 unspecified atom stereocenters. The fourth-order valence-electron chi connectivity index (χ4n) is 2.23. The molecule has 1 aromatic carbocycles. The largest absolute Gasteiger partial charge is 0.346 e. The lowest BCUT2D eigenvalue weighted by Crippen LogP contribution is -2.19. The van der Waals surface area contributed by atoms with Crippen LogP contribution in [0.1, 0.15) is 35.5 Å². The molecule has 0 aliphatic rings. The Kier molecular flexibility index (Phi) is 5.92. The van der Waals surface area contributed by atoms with E-state index in [1.807, 2.05) is 24.3 Å². The van der Waals surface area contributed by atoms with Crippen LogP contribution in [0.5, 0.6) is 0 Å². The average Bonchev–Trinajstić information content (AvgIpc) is 2.52. The van der Waals surface area contributed by atoms with Crippen molar-refractivity contribution in [2.45, 2.75) is 32.2 Å². The number of aromatic amines is 1. The molecule has 0 aliphatic carbocycles. The van der Waals surface area contributed by atoms with Crippen molar-refractivity contribution in [2.24, 2.45) is 0 Å². The summed E-state index contributed by atoms with van der Waals surface area (Å²) in [7, 11) is 0. The van der Waals surface area contributed by atoms with Gasteiger partial charge in [0.1, 0.15) is 5.03 Å². The molecule has 0 atom stereocenters. The van der Waals surface area contributed by atoms with Gasteiger partial charge in [0.25, 0.3) is 0 Å². The van der Waals surface area contributed by atoms with E-state index in [-0.39, 0.29) is 22.5 Å². The lowest BCUT2D eigenvalue weighted by Gasteiger charge is -2.09. The lowest BCUT2D eigenvalue weighted by atomic mass is 10.1. The normalized spacial score (nSPS) is 10.5. The SMILES string of the molecule is CCc1ccc(NC(=O)CSc2nc(=O)[nH]c(C)c2C(C)=O)cc1. The number of nitrogens with zero attached hydrogens (tertiary/aromatic N) is 1. The number of aromatic nitrogens is 2. The second-order valence-corrected chi connectivity index (χ2v) is 6.25. The van der Waals surface area contributed by atoms with E-state index in [1.54, 1.807) is 6.92 Å². The minimum atomic E-state index is -0.532. The zero-order valence-corrected chi connectivity index (χ0v) is 14.6. The zero-order valence-electron chi connectivity index (χ0n) is 13.8. The van der Waals surface area contributed by atoms with Crippen LogP contribution in [0.2, 0.25) is 0 Å². The van der Waals surface area contributed by atoms with E-state index < -0.39 is 5.69 Å². The van der Waals surface area contributed by atoms with Gasteiger partial charge >= 0.3 is 5.69 Å². The quantitative estimate of drug-likeness (QED) is 0.477. The van der Waals surface area contributed by atoms with Crippen LogP contribution in [-0.2, 0) is 11.2 Å². The molecule has 1 aromatic heterocycles. The highest BCUT2D eigenvalue weighted by Gasteiger charge is 2.15. The maximum absolute atomic E-state index is 12.1. The van der Waals surface area contributed by atoms with E-state index >= 15 is 0 Å². The maximum Gasteiger partial charge on any atom is 0.346 e. The first kappa shape index (κ1) is 17.9. The van der Waals surface area contributed by atoms with Crippen LogP contribution in [0.3, 0.4) is 0 Å². The van der Waals surface area contributed by atoms with Gasteiger partial charge in [-0.25, -0.2) is 4.79 Å². The number of ketones is 1. The van der Waals surface area contributed by atoms with Crippen molar-refractivity contribution in [3.63, 3.8) is 0 Å². The van der Waals surface area contributed by atoms with Gasteiger partial charge in [-0.15, -0.1) is 0 Å². The summed E-state index contributed by atoms with van der Waals surface area (Å²) >= 11 is 1.07. The van der Waals surface area contributed by atoms with Crippen LogP contribution >= 0.6 is 11.8 Å². The van der Waals surface area contributed by atoms with E-state index in [0.29, 0.717) is 16.9 Å².